The highest BCUT2D eigenvalue weighted by Gasteiger charge is 2.56. The Morgan fingerprint density at radius 3 is 2.18 bits per heavy atom. The van der Waals surface area contributed by atoms with Crippen LogP contribution in [-0.4, -0.2) is 47.2 Å². The second-order valence-electron chi connectivity index (χ2n) is 4.69. The molecular formula is C12H19NO4. The van der Waals surface area contributed by atoms with Crippen molar-refractivity contribution in [2.75, 3.05) is 13.1 Å². The molecule has 2 saturated heterocycles. The van der Waals surface area contributed by atoms with Gasteiger partial charge in [0.25, 0.3) is 0 Å². The topological polar surface area (TPSA) is 66.8 Å². The molecule has 2 heterocycles. The molecule has 0 spiro atoms. The third-order valence-electron chi connectivity index (χ3n) is 3.92. The van der Waals surface area contributed by atoms with Gasteiger partial charge in [0, 0.05) is 13.1 Å². The fourth-order valence-corrected chi connectivity index (χ4v) is 3.05. The molecule has 0 radical (unpaired) electrons. The first-order valence-electron chi connectivity index (χ1n) is 6.27. The number of hydrogen-bond donors (Lipinski definition) is 1. The van der Waals surface area contributed by atoms with Crippen LogP contribution in [0.1, 0.15) is 26.7 Å². The molecule has 2 fully saturated rings. The Morgan fingerprint density at radius 2 is 1.71 bits per heavy atom. The number of amides is 1. The first-order chi connectivity index (χ1) is 8.10. The molecule has 2 aliphatic rings. The number of aliphatic carboxylic acids is 1. The minimum absolute atomic E-state index is 0.0606. The predicted molar refractivity (Wildman–Crippen MR) is 60.4 cm³/mol. The molecule has 5 heteroatoms. The van der Waals surface area contributed by atoms with E-state index < -0.39 is 17.8 Å². The van der Waals surface area contributed by atoms with Crippen molar-refractivity contribution >= 4 is 11.9 Å². The zero-order chi connectivity index (χ0) is 12.6. The van der Waals surface area contributed by atoms with Crippen molar-refractivity contribution in [3.05, 3.63) is 0 Å². The monoisotopic (exact) mass is 241 g/mol. The molecule has 0 aromatic heterocycles. The number of hydrogen-bond acceptors (Lipinski definition) is 3. The summed E-state index contributed by atoms with van der Waals surface area (Å²) >= 11 is 0. The lowest BCUT2D eigenvalue weighted by molar-refractivity contribution is -0.150. The van der Waals surface area contributed by atoms with Gasteiger partial charge >= 0.3 is 5.97 Å². The first-order valence-corrected chi connectivity index (χ1v) is 6.27. The summed E-state index contributed by atoms with van der Waals surface area (Å²) in [6, 6.07) is 0. The van der Waals surface area contributed by atoms with Gasteiger partial charge in [-0.1, -0.05) is 0 Å². The highest BCUT2D eigenvalue weighted by atomic mass is 16.5. The van der Waals surface area contributed by atoms with E-state index in [4.69, 9.17) is 4.74 Å². The van der Waals surface area contributed by atoms with Crippen LogP contribution in [0.3, 0.4) is 0 Å². The summed E-state index contributed by atoms with van der Waals surface area (Å²) in [4.78, 5) is 25.2. The van der Waals surface area contributed by atoms with Crippen LogP contribution in [0.2, 0.25) is 0 Å². The summed E-state index contributed by atoms with van der Waals surface area (Å²) in [6.07, 6.45) is 1.13. The fraction of sp³-hybridized carbons (Fsp3) is 0.833. The highest BCUT2D eigenvalue weighted by Crippen LogP contribution is 2.44. The molecular weight excluding hydrogens is 222 g/mol. The van der Waals surface area contributed by atoms with Crippen molar-refractivity contribution in [3.63, 3.8) is 0 Å². The maximum Gasteiger partial charge on any atom is 0.310 e. The lowest BCUT2D eigenvalue weighted by Crippen LogP contribution is -2.45. The molecule has 4 atom stereocenters. The number of carboxylic acid groups (broad SMARTS) is 1. The molecule has 0 unspecified atom stereocenters. The second kappa shape index (κ2) is 4.64. The molecule has 0 aromatic carbocycles. The lowest BCUT2D eigenvalue weighted by atomic mass is 9.78. The number of fused-ring (bicyclic) bond motifs is 2. The summed E-state index contributed by atoms with van der Waals surface area (Å²) in [6.45, 7) is 5.06. The first kappa shape index (κ1) is 12.4. The van der Waals surface area contributed by atoms with Crippen LogP contribution in [0.4, 0.5) is 0 Å². The SMILES string of the molecule is CCN(CC)C(=O)[C@H]1[C@@H](C(=O)O)[C@@H]2CC[C@H]1O2. The van der Waals surface area contributed by atoms with Crippen LogP contribution in [-0.2, 0) is 14.3 Å². The van der Waals surface area contributed by atoms with Gasteiger partial charge in [-0.15, -0.1) is 0 Å². The molecule has 2 bridgehead atoms. The minimum atomic E-state index is -0.900. The van der Waals surface area contributed by atoms with Gasteiger partial charge < -0.3 is 14.7 Å². The van der Waals surface area contributed by atoms with Crippen molar-refractivity contribution in [3.8, 4) is 0 Å². The van der Waals surface area contributed by atoms with E-state index in [0.717, 1.165) is 12.8 Å². The second-order valence-corrected chi connectivity index (χ2v) is 4.69. The third kappa shape index (κ3) is 1.92. The fourth-order valence-electron chi connectivity index (χ4n) is 3.05. The number of nitrogens with zero attached hydrogens (tertiary/aromatic N) is 1. The summed E-state index contributed by atoms with van der Waals surface area (Å²) in [5.41, 5.74) is 0. The molecule has 1 N–H and O–H groups in total. The average Bonchev–Trinajstić information content (AvgIpc) is 2.89. The van der Waals surface area contributed by atoms with Crippen molar-refractivity contribution < 1.29 is 19.4 Å². The van der Waals surface area contributed by atoms with Crippen LogP contribution in [0, 0.1) is 11.8 Å². The molecule has 1 amide bonds. The number of rotatable bonds is 4. The van der Waals surface area contributed by atoms with Gasteiger partial charge in [-0.3, -0.25) is 9.59 Å². The Balaban J connectivity index is 2.18. The molecule has 0 aliphatic carbocycles. The molecule has 5 nitrogen and oxygen atoms in total. The van der Waals surface area contributed by atoms with Gasteiger partial charge in [0.15, 0.2) is 0 Å². The van der Waals surface area contributed by atoms with Crippen molar-refractivity contribution in [1.29, 1.82) is 0 Å². The van der Waals surface area contributed by atoms with Crippen LogP contribution in [0.15, 0.2) is 0 Å². The van der Waals surface area contributed by atoms with E-state index >= 15 is 0 Å². The lowest BCUT2D eigenvalue weighted by Gasteiger charge is -2.29. The zero-order valence-corrected chi connectivity index (χ0v) is 10.3. The van der Waals surface area contributed by atoms with Gasteiger partial charge in [0.05, 0.1) is 24.0 Å². The Bertz CT molecular complexity index is 326. The zero-order valence-electron chi connectivity index (χ0n) is 10.3. The van der Waals surface area contributed by atoms with E-state index in [-0.39, 0.29) is 18.1 Å². The number of ether oxygens (including phenoxy) is 1. The maximum atomic E-state index is 12.3. The number of carboxylic acids is 1. The molecule has 0 saturated carbocycles. The Hall–Kier alpha value is -1.10. The van der Waals surface area contributed by atoms with Gasteiger partial charge in [-0.2, -0.15) is 0 Å². The molecule has 17 heavy (non-hydrogen) atoms. The minimum Gasteiger partial charge on any atom is -0.481 e. The van der Waals surface area contributed by atoms with Gasteiger partial charge in [-0.25, -0.2) is 0 Å². The van der Waals surface area contributed by atoms with E-state index in [9.17, 15) is 14.7 Å². The summed E-state index contributed by atoms with van der Waals surface area (Å²) in [5.74, 6) is -2.09. The van der Waals surface area contributed by atoms with Crippen LogP contribution in [0.5, 0.6) is 0 Å². The van der Waals surface area contributed by atoms with Crippen molar-refractivity contribution in [2.45, 2.75) is 38.9 Å². The van der Waals surface area contributed by atoms with Gasteiger partial charge in [0.1, 0.15) is 0 Å². The molecule has 2 aliphatic heterocycles. The molecule has 2 rings (SSSR count). The largest absolute Gasteiger partial charge is 0.481 e. The quantitative estimate of drug-likeness (QED) is 0.788. The Morgan fingerprint density at radius 1 is 1.18 bits per heavy atom. The van der Waals surface area contributed by atoms with E-state index in [1.807, 2.05) is 13.8 Å². The molecule has 0 aromatic rings. The number of carbonyl (C=O) groups excluding carboxylic acids is 1. The van der Waals surface area contributed by atoms with Crippen molar-refractivity contribution in [1.82, 2.24) is 4.90 Å². The van der Waals surface area contributed by atoms with E-state index in [2.05, 4.69) is 0 Å². The average molecular weight is 241 g/mol. The Kier molecular flexibility index (Phi) is 3.38. The smallest absolute Gasteiger partial charge is 0.310 e. The summed E-state index contributed by atoms with van der Waals surface area (Å²) in [5, 5.41) is 9.23. The van der Waals surface area contributed by atoms with E-state index in [1.54, 1.807) is 4.90 Å². The van der Waals surface area contributed by atoms with Crippen LogP contribution >= 0.6 is 0 Å². The maximum absolute atomic E-state index is 12.3. The standard InChI is InChI=1S/C12H19NO4/c1-3-13(4-2)11(14)9-7-5-6-8(17-7)10(9)12(15)16/h7-10H,3-6H2,1-2H3,(H,15,16)/t7-,8+,9-,10+/m1/s1. The van der Waals surface area contributed by atoms with Gasteiger partial charge in [-0.05, 0) is 26.7 Å². The Labute approximate surface area is 101 Å². The molecule has 96 valence electrons. The van der Waals surface area contributed by atoms with E-state index in [1.165, 1.54) is 0 Å². The third-order valence-corrected chi connectivity index (χ3v) is 3.92. The highest BCUT2D eigenvalue weighted by molar-refractivity contribution is 5.86. The van der Waals surface area contributed by atoms with Crippen molar-refractivity contribution in [2.24, 2.45) is 11.8 Å². The van der Waals surface area contributed by atoms with Crippen LogP contribution < -0.4 is 0 Å². The summed E-state index contributed by atoms with van der Waals surface area (Å²) < 4.78 is 5.59. The number of carbonyl (C=O) groups is 2. The predicted octanol–water partition coefficient (Wildman–Crippen LogP) is 0.733. The van der Waals surface area contributed by atoms with E-state index in [0.29, 0.717) is 13.1 Å². The van der Waals surface area contributed by atoms with Gasteiger partial charge in [0.2, 0.25) is 5.91 Å². The normalized spacial score (nSPS) is 34.9. The van der Waals surface area contributed by atoms with Crippen LogP contribution in [0.25, 0.3) is 0 Å². The summed E-state index contributed by atoms with van der Waals surface area (Å²) in [7, 11) is 0.